The van der Waals surface area contributed by atoms with Gasteiger partial charge in [0, 0.05) is 12.1 Å². The fourth-order valence-electron chi connectivity index (χ4n) is 2.45. The molecule has 0 saturated heterocycles. The van der Waals surface area contributed by atoms with Crippen molar-refractivity contribution in [1.29, 1.82) is 0 Å². The summed E-state index contributed by atoms with van der Waals surface area (Å²) in [7, 11) is 1.58. The maximum Gasteiger partial charge on any atom is 0.336 e. The lowest BCUT2D eigenvalue weighted by Gasteiger charge is -2.09. The van der Waals surface area contributed by atoms with E-state index in [0.717, 1.165) is 5.56 Å². The number of ether oxygens (including phenoxy) is 1. The van der Waals surface area contributed by atoms with E-state index in [1.54, 1.807) is 24.1 Å². The zero-order valence-corrected chi connectivity index (χ0v) is 12.3. The molecular formula is C16H15N3O3. The summed E-state index contributed by atoms with van der Waals surface area (Å²) in [4.78, 5) is 16.1. The standard InChI is InChI=1S/C16H15N3O3/c1-3-19-15-12(9-17-19)11(16(20)21)8-13(18-15)10-6-4-5-7-14(10)22-2/h4-9H,3H2,1-2H3,(H,20,21). The van der Waals surface area contributed by atoms with Crippen LogP contribution in [0.25, 0.3) is 22.3 Å². The quantitative estimate of drug-likeness (QED) is 0.801. The molecule has 0 saturated carbocycles. The molecule has 0 unspecified atom stereocenters. The number of nitrogens with zero attached hydrogens (tertiary/aromatic N) is 3. The summed E-state index contributed by atoms with van der Waals surface area (Å²) in [6.45, 7) is 2.55. The molecule has 112 valence electrons. The van der Waals surface area contributed by atoms with Crippen LogP contribution in [0.1, 0.15) is 17.3 Å². The van der Waals surface area contributed by atoms with Crippen LogP contribution in [-0.4, -0.2) is 33.0 Å². The van der Waals surface area contributed by atoms with Crippen LogP contribution in [0.2, 0.25) is 0 Å². The van der Waals surface area contributed by atoms with Gasteiger partial charge in [0.1, 0.15) is 5.75 Å². The number of pyridine rings is 1. The summed E-state index contributed by atoms with van der Waals surface area (Å²) in [6.07, 6.45) is 1.54. The second-order valence-corrected chi connectivity index (χ2v) is 4.76. The Bertz CT molecular complexity index is 855. The first-order chi connectivity index (χ1) is 10.7. The van der Waals surface area contributed by atoms with Crippen LogP contribution in [0.5, 0.6) is 5.75 Å². The highest BCUT2D eigenvalue weighted by Crippen LogP contribution is 2.31. The third-order valence-corrected chi connectivity index (χ3v) is 3.52. The topological polar surface area (TPSA) is 77.2 Å². The van der Waals surface area contributed by atoms with Gasteiger partial charge in [0.2, 0.25) is 0 Å². The van der Waals surface area contributed by atoms with Gasteiger partial charge in [-0.3, -0.25) is 0 Å². The Morgan fingerprint density at radius 1 is 1.36 bits per heavy atom. The van der Waals surface area contributed by atoms with Crippen LogP contribution in [-0.2, 0) is 6.54 Å². The first-order valence-corrected chi connectivity index (χ1v) is 6.89. The molecule has 6 nitrogen and oxygen atoms in total. The monoisotopic (exact) mass is 297 g/mol. The molecule has 0 spiro atoms. The number of carbonyl (C=O) groups is 1. The van der Waals surface area contributed by atoms with E-state index in [2.05, 4.69) is 10.1 Å². The van der Waals surface area contributed by atoms with Gasteiger partial charge in [0.25, 0.3) is 0 Å². The number of benzene rings is 1. The second-order valence-electron chi connectivity index (χ2n) is 4.76. The van der Waals surface area contributed by atoms with Crippen molar-refractivity contribution in [3.8, 4) is 17.0 Å². The summed E-state index contributed by atoms with van der Waals surface area (Å²) < 4.78 is 7.02. The zero-order valence-electron chi connectivity index (χ0n) is 12.3. The molecule has 2 heterocycles. The van der Waals surface area contributed by atoms with Gasteiger partial charge in [0.15, 0.2) is 5.65 Å². The van der Waals surface area contributed by atoms with Crippen molar-refractivity contribution >= 4 is 17.0 Å². The molecule has 1 N–H and O–H groups in total. The number of rotatable bonds is 4. The summed E-state index contributed by atoms with van der Waals surface area (Å²) in [5.41, 5.74) is 2.05. The number of para-hydroxylation sites is 1. The van der Waals surface area contributed by atoms with E-state index in [9.17, 15) is 9.90 Å². The molecule has 0 atom stereocenters. The molecule has 0 amide bonds. The summed E-state index contributed by atoms with van der Waals surface area (Å²) >= 11 is 0. The molecule has 0 fully saturated rings. The molecule has 6 heteroatoms. The minimum atomic E-state index is -1.00. The van der Waals surface area contributed by atoms with E-state index in [0.29, 0.717) is 29.0 Å². The SMILES string of the molecule is CCn1ncc2c(C(=O)O)cc(-c3ccccc3OC)nc21. The largest absolute Gasteiger partial charge is 0.496 e. The molecule has 3 aromatic rings. The van der Waals surface area contributed by atoms with Gasteiger partial charge in [-0.05, 0) is 25.1 Å². The van der Waals surface area contributed by atoms with Crippen LogP contribution >= 0.6 is 0 Å². The van der Waals surface area contributed by atoms with Crippen molar-refractivity contribution in [1.82, 2.24) is 14.8 Å². The summed E-state index contributed by atoms with van der Waals surface area (Å²) in [6, 6.07) is 8.95. The van der Waals surface area contributed by atoms with Crippen LogP contribution in [0, 0.1) is 0 Å². The van der Waals surface area contributed by atoms with Gasteiger partial charge >= 0.3 is 5.97 Å². The minimum Gasteiger partial charge on any atom is -0.496 e. The molecule has 3 rings (SSSR count). The second kappa shape index (κ2) is 5.48. The minimum absolute atomic E-state index is 0.186. The molecule has 0 aliphatic carbocycles. The highest BCUT2D eigenvalue weighted by Gasteiger charge is 2.17. The van der Waals surface area contributed by atoms with E-state index in [1.165, 1.54) is 0 Å². The van der Waals surface area contributed by atoms with Crippen molar-refractivity contribution in [3.63, 3.8) is 0 Å². The molecule has 0 radical (unpaired) electrons. The van der Waals surface area contributed by atoms with Crippen molar-refractivity contribution < 1.29 is 14.6 Å². The third-order valence-electron chi connectivity index (χ3n) is 3.52. The number of aryl methyl sites for hydroxylation is 1. The lowest BCUT2D eigenvalue weighted by molar-refractivity contribution is 0.0699. The maximum absolute atomic E-state index is 11.6. The number of hydrogen-bond donors (Lipinski definition) is 1. The van der Waals surface area contributed by atoms with Crippen molar-refractivity contribution in [2.75, 3.05) is 7.11 Å². The Hall–Kier alpha value is -2.89. The Morgan fingerprint density at radius 3 is 2.82 bits per heavy atom. The number of methoxy groups -OCH3 is 1. The fraction of sp³-hybridized carbons (Fsp3) is 0.188. The molecule has 0 aliphatic heterocycles. The van der Waals surface area contributed by atoms with Gasteiger partial charge in [0.05, 0.1) is 30.0 Å². The van der Waals surface area contributed by atoms with E-state index >= 15 is 0 Å². The molecular weight excluding hydrogens is 282 g/mol. The zero-order chi connectivity index (χ0) is 15.7. The highest BCUT2D eigenvalue weighted by molar-refractivity contribution is 6.03. The molecule has 0 bridgehead atoms. The predicted molar refractivity (Wildman–Crippen MR) is 82.1 cm³/mol. The summed E-state index contributed by atoms with van der Waals surface area (Å²) in [5.74, 6) is -0.354. The van der Waals surface area contributed by atoms with Crippen LogP contribution < -0.4 is 4.74 Å². The Morgan fingerprint density at radius 2 is 2.14 bits per heavy atom. The van der Waals surface area contributed by atoms with Crippen LogP contribution in [0.15, 0.2) is 36.5 Å². The predicted octanol–water partition coefficient (Wildman–Crippen LogP) is 2.83. The Kier molecular flexibility index (Phi) is 3.50. The van der Waals surface area contributed by atoms with Crippen molar-refractivity contribution in [2.24, 2.45) is 0 Å². The smallest absolute Gasteiger partial charge is 0.336 e. The van der Waals surface area contributed by atoms with Gasteiger partial charge in [-0.2, -0.15) is 5.10 Å². The Balaban J connectivity index is 2.32. The molecule has 1 aromatic carbocycles. The van der Waals surface area contributed by atoms with Crippen LogP contribution in [0.3, 0.4) is 0 Å². The van der Waals surface area contributed by atoms with Gasteiger partial charge < -0.3 is 9.84 Å². The van der Waals surface area contributed by atoms with E-state index in [-0.39, 0.29) is 5.56 Å². The highest BCUT2D eigenvalue weighted by atomic mass is 16.5. The van der Waals surface area contributed by atoms with Gasteiger partial charge in [-0.25, -0.2) is 14.5 Å². The van der Waals surface area contributed by atoms with Crippen LogP contribution in [0.4, 0.5) is 0 Å². The normalized spacial score (nSPS) is 10.8. The number of fused-ring (bicyclic) bond motifs is 1. The Labute approximate surface area is 127 Å². The lowest BCUT2D eigenvalue weighted by atomic mass is 10.1. The van der Waals surface area contributed by atoms with Gasteiger partial charge in [-0.1, -0.05) is 12.1 Å². The molecule has 0 aliphatic rings. The first kappa shape index (κ1) is 14.1. The lowest BCUT2D eigenvalue weighted by Crippen LogP contribution is -2.03. The van der Waals surface area contributed by atoms with Crippen molar-refractivity contribution in [2.45, 2.75) is 13.5 Å². The fourth-order valence-corrected chi connectivity index (χ4v) is 2.45. The molecule has 22 heavy (non-hydrogen) atoms. The van der Waals surface area contributed by atoms with Crippen molar-refractivity contribution in [3.05, 3.63) is 42.1 Å². The maximum atomic E-state index is 11.6. The summed E-state index contributed by atoms with van der Waals surface area (Å²) in [5, 5.41) is 14.2. The van der Waals surface area contributed by atoms with E-state index < -0.39 is 5.97 Å². The average Bonchev–Trinajstić information content (AvgIpc) is 2.96. The number of hydrogen-bond acceptors (Lipinski definition) is 4. The third kappa shape index (κ3) is 2.18. The number of aromatic nitrogens is 3. The van der Waals surface area contributed by atoms with Gasteiger partial charge in [-0.15, -0.1) is 0 Å². The first-order valence-electron chi connectivity index (χ1n) is 6.89. The molecule has 2 aromatic heterocycles. The number of carboxylic acid groups (broad SMARTS) is 1. The number of carboxylic acids is 1. The van der Waals surface area contributed by atoms with E-state index in [4.69, 9.17) is 4.74 Å². The van der Waals surface area contributed by atoms with E-state index in [1.807, 2.05) is 31.2 Å². The average molecular weight is 297 g/mol. The number of aromatic carboxylic acids is 1.